The molecule has 1 rings (SSSR count). The molecule has 20 heavy (non-hydrogen) atoms. The van der Waals surface area contributed by atoms with Gasteiger partial charge in [-0.2, -0.15) is 0 Å². The molecule has 0 saturated heterocycles. The van der Waals surface area contributed by atoms with Crippen LogP contribution in [0.5, 0.6) is 0 Å². The van der Waals surface area contributed by atoms with E-state index in [0.29, 0.717) is 0 Å². The van der Waals surface area contributed by atoms with Crippen LogP contribution < -0.4 is 4.72 Å². The quantitative estimate of drug-likeness (QED) is 0.743. The highest BCUT2D eigenvalue weighted by Gasteiger charge is 2.20. The minimum absolute atomic E-state index is 0.0785. The van der Waals surface area contributed by atoms with E-state index in [4.69, 9.17) is 33.0 Å². The van der Waals surface area contributed by atoms with Crippen LogP contribution in [0.15, 0.2) is 12.1 Å². The monoisotopic (exact) mass is 341 g/mol. The fourth-order valence-electron chi connectivity index (χ4n) is 1.45. The molecule has 112 valence electrons. The molecule has 0 aromatic heterocycles. The standard InChI is InChI=1S/C11H13Cl2NO5S/c1-19-3-2-4-20(17,18)14-10-8(11(15)16)5-7(12)6-9(10)13/h5-6,14H,2-4H2,1H3,(H,15,16). The average molecular weight is 342 g/mol. The van der Waals surface area contributed by atoms with Crippen molar-refractivity contribution in [3.63, 3.8) is 0 Å². The Morgan fingerprint density at radius 1 is 1.40 bits per heavy atom. The summed E-state index contributed by atoms with van der Waals surface area (Å²) in [4.78, 5) is 11.1. The number of aromatic carboxylic acids is 1. The molecule has 9 heteroatoms. The maximum atomic E-state index is 11.8. The molecule has 6 nitrogen and oxygen atoms in total. The van der Waals surface area contributed by atoms with Gasteiger partial charge in [0.05, 0.1) is 22.0 Å². The van der Waals surface area contributed by atoms with E-state index in [-0.39, 0.29) is 40.1 Å². The molecule has 0 unspecified atom stereocenters. The molecule has 0 fully saturated rings. The molecule has 0 aliphatic heterocycles. The van der Waals surface area contributed by atoms with Crippen LogP contribution in [0, 0.1) is 0 Å². The number of halogens is 2. The number of sulfonamides is 1. The number of hydrogen-bond donors (Lipinski definition) is 2. The topological polar surface area (TPSA) is 92.7 Å². The number of methoxy groups -OCH3 is 1. The lowest BCUT2D eigenvalue weighted by Gasteiger charge is -2.12. The van der Waals surface area contributed by atoms with Crippen molar-refractivity contribution in [2.75, 3.05) is 24.2 Å². The van der Waals surface area contributed by atoms with Crippen LogP contribution in [0.3, 0.4) is 0 Å². The third-order valence-electron chi connectivity index (χ3n) is 2.30. The van der Waals surface area contributed by atoms with Crippen molar-refractivity contribution in [3.8, 4) is 0 Å². The van der Waals surface area contributed by atoms with Gasteiger partial charge >= 0.3 is 5.97 Å². The van der Waals surface area contributed by atoms with Crippen molar-refractivity contribution >= 4 is 44.9 Å². The minimum atomic E-state index is -3.72. The van der Waals surface area contributed by atoms with Crippen LogP contribution in [-0.4, -0.2) is 39.0 Å². The smallest absolute Gasteiger partial charge is 0.337 e. The molecule has 0 radical (unpaired) electrons. The van der Waals surface area contributed by atoms with Gasteiger partial charge in [-0.25, -0.2) is 13.2 Å². The zero-order chi connectivity index (χ0) is 15.3. The first-order valence-corrected chi connectivity index (χ1v) is 7.89. The largest absolute Gasteiger partial charge is 0.478 e. The summed E-state index contributed by atoms with van der Waals surface area (Å²) in [5.74, 6) is -1.54. The third kappa shape index (κ3) is 4.82. The van der Waals surface area contributed by atoms with Gasteiger partial charge in [0.25, 0.3) is 0 Å². The number of nitrogens with one attached hydrogen (secondary N) is 1. The Kier molecular flexibility index (Phi) is 6.07. The van der Waals surface area contributed by atoms with Crippen LogP contribution in [0.2, 0.25) is 10.0 Å². The highest BCUT2D eigenvalue weighted by Crippen LogP contribution is 2.31. The fourth-order valence-corrected chi connectivity index (χ4v) is 3.17. The predicted molar refractivity (Wildman–Crippen MR) is 77.3 cm³/mol. The molecule has 0 atom stereocenters. The van der Waals surface area contributed by atoms with Crippen molar-refractivity contribution in [2.24, 2.45) is 0 Å². The highest BCUT2D eigenvalue weighted by atomic mass is 35.5. The van der Waals surface area contributed by atoms with Crippen molar-refractivity contribution in [1.29, 1.82) is 0 Å². The second kappa shape index (κ2) is 7.12. The van der Waals surface area contributed by atoms with Crippen molar-refractivity contribution in [2.45, 2.75) is 6.42 Å². The van der Waals surface area contributed by atoms with E-state index in [1.54, 1.807) is 0 Å². The molecule has 0 aliphatic rings. The normalized spacial score (nSPS) is 11.3. The number of anilines is 1. The highest BCUT2D eigenvalue weighted by molar-refractivity contribution is 7.92. The second-order valence-electron chi connectivity index (χ2n) is 3.88. The molecule has 0 bridgehead atoms. The first-order chi connectivity index (χ1) is 9.26. The van der Waals surface area contributed by atoms with Crippen LogP contribution in [-0.2, 0) is 14.8 Å². The number of rotatable bonds is 7. The molecule has 0 saturated carbocycles. The summed E-state index contributed by atoms with van der Waals surface area (Å²) in [6.45, 7) is 0.279. The summed E-state index contributed by atoms with van der Waals surface area (Å²) in [7, 11) is -2.26. The number of carboxylic acid groups (broad SMARTS) is 1. The Morgan fingerprint density at radius 2 is 2.05 bits per heavy atom. The molecule has 0 spiro atoms. The van der Waals surface area contributed by atoms with Crippen LogP contribution in [0.4, 0.5) is 5.69 Å². The second-order valence-corrected chi connectivity index (χ2v) is 6.57. The fraction of sp³-hybridized carbons (Fsp3) is 0.364. The molecular weight excluding hydrogens is 329 g/mol. The summed E-state index contributed by atoms with van der Waals surface area (Å²) in [5.41, 5.74) is -0.501. The Bertz CT molecular complexity index is 603. The maximum absolute atomic E-state index is 11.8. The van der Waals surface area contributed by atoms with Gasteiger partial charge in [-0.15, -0.1) is 0 Å². The summed E-state index contributed by atoms with van der Waals surface area (Å²) in [6.07, 6.45) is 0.277. The molecular formula is C11H13Cl2NO5S. The first kappa shape index (κ1) is 17.0. The molecule has 1 aromatic rings. The van der Waals surface area contributed by atoms with Crippen LogP contribution in [0.1, 0.15) is 16.8 Å². The molecule has 0 amide bonds. The van der Waals surface area contributed by atoms with Gasteiger partial charge < -0.3 is 9.84 Å². The van der Waals surface area contributed by atoms with Gasteiger partial charge in [-0.3, -0.25) is 4.72 Å². The summed E-state index contributed by atoms with van der Waals surface area (Å²) >= 11 is 11.5. The number of benzene rings is 1. The van der Waals surface area contributed by atoms with Crippen LogP contribution in [0.25, 0.3) is 0 Å². The van der Waals surface area contributed by atoms with E-state index in [0.717, 1.165) is 6.07 Å². The zero-order valence-corrected chi connectivity index (χ0v) is 12.8. The Morgan fingerprint density at radius 3 is 2.60 bits per heavy atom. The SMILES string of the molecule is COCCCS(=O)(=O)Nc1c(Cl)cc(Cl)cc1C(=O)O. The van der Waals surface area contributed by atoms with Crippen molar-refractivity contribution < 1.29 is 23.1 Å². The molecule has 0 aliphatic carbocycles. The lowest BCUT2D eigenvalue weighted by Crippen LogP contribution is -2.20. The molecule has 0 heterocycles. The predicted octanol–water partition coefficient (Wildman–Crippen LogP) is 2.47. The van der Waals surface area contributed by atoms with Gasteiger partial charge in [0.1, 0.15) is 0 Å². The average Bonchev–Trinajstić information content (AvgIpc) is 2.32. The lowest BCUT2D eigenvalue weighted by atomic mass is 10.2. The van der Waals surface area contributed by atoms with E-state index in [9.17, 15) is 13.2 Å². The first-order valence-electron chi connectivity index (χ1n) is 5.48. The van der Waals surface area contributed by atoms with Crippen LogP contribution >= 0.6 is 23.2 Å². The third-order valence-corrected chi connectivity index (χ3v) is 4.16. The Labute approximate surface area is 126 Å². The maximum Gasteiger partial charge on any atom is 0.337 e. The zero-order valence-electron chi connectivity index (χ0n) is 10.5. The van der Waals surface area contributed by atoms with Gasteiger partial charge in [0, 0.05) is 18.7 Å². The summed E-state index contributed by atoms with van der Waals surface area (Å²) < 4.78 is 30.6. The lowest BCUT2D eigenvalue weighted by molar-refractivity contribution is 0.0698. The summed E-state index contributed by atoms with van der Waals surface area (Å²) in [5, 5.41) is 9.08. The van der Waals surface area contributed by atoms with E-state index in [2.05, 4.69) is 4.72 Å². The van der Waals surface area contributed by atoms with Crippen molar-refractivity contribution in [1.82, 2.24) is 0 Å². The van der Waals surface area contributed by atoms with Gasteiger partial charge in [-0.05, 0) is 18.6 Å². The van der Waals surface area contributed by atoms with Gasteiger partial charge in [0.2, 0.25) is 10.0 Å². The van der Waals surface area contributed by atoms with E-state index in [1.165, 1.54) is 13.2 Å². The Hall–Kier alpha value is -1.02. The number of carbonyl (C=O) groups is 1. The van der Waals surface area contributed by atoms with E-state index in [1.807, 2.05) is 0 Å². The van der Waals surface area contributed by atoms with Gasteiger partial charge in [0.15, 0.2) is 0 Å². The van der Waals surface area contributed by atoms with Gasteiger partial charge in [-0.1, -0.05) is 23.2 Å². The number of ether oxygens (including phenoxy) is 1. The minimum Gasteiger partial charge on any atom is -0.478 e. The number of carboxylic acids is 1. The van der Waals surface area contributed by atoms with E-state index < -0.39 is 16.0 Å². The molecule has 2 N–H and O–H groups in total. The van der Waals surface area contributed by atoms with E-state index >= 15 is 0 Å². The Balaban J connectivity index is 3.05. The van der Waals surface area contributed by atoms with Crippen molar-refractivity contribution in [3.05, 3.63) is 27.7 Å². The molecule has 1 aromatic carbocycles. The summed E-state index contributed by atoms with van der Waals surface area (Å²) in [6, 6.07) is 2.39. The number of hydrogen-bond acceptors (Lipinski definition) is 4.